The van der Waals surface area contributed by atoms with Crippen LogP contribution in [0, 0.1) is 6.92 Å². The summed E-state index contributed by atoms with van der Waals surface area (Å²) in [4.78, 5) is 15.6. The molecular weight excluding hydrogens is 268 g/mol. The fourth-order valence-corrected chi connectivity index (χ4v) is 1.75. The molecule has 0 amide bonds. The van der Waals surface area contributed by atoms with Crippen LogP contribution in [-0.2, 0) is 16.1 Å². The molecule has 0 radical (unpaired) electrons. The Labute approximate surface area is 123 Å². The van der Waals surface area contributed by atoms with E-state index in [0.29, 0.717) is 11.4 Å². The number of anilines is 1. The fraction of sp³-hybridized carbons (Fsp3) is 0.250. The summed E-state index contributed by atoms with van der Waals surface area (Å²) in [5.41, 5.74) is 8.16. The highest BCUT2D eigenvalue weighted by atomic mass is 16.5. The maximum absolute atomic E-state index is 11.6. The Hall–Kier alpha value is -2.56. The second-order valence-electron chi connectivity index (χ2n) is 4.70. The molecule has 0 saturated heterocycles. The van der Waals surface area contributed by atoms with Gasteiger partial charge in [-0.3, -0.25) is 9.78 Å². The molecule has 0 saturated carbocycles. The van der Waals surface area contributed by atoms with Crippen molar-refractivity contribution < 1.29 is 14.3 Å². The van der Waals surface area contributed by atoms with E-state index in [0.717, 1.165) is 11.1 Å². The van der Waals surface area contributed by atoms with Crippen LogP contribution in [0.5, 0.6) is 5.75 Å². The van der Waals surface area contributed by atoms with Crippen LogP contribution in [0.25, 0.3) is 0 Å². The molecule has 5 nitrogen and oxygen atoms in total. The van der Waals surface area contributed by atoms with E-state index >= 15 is 0 Å². The summed E-state index contributed by atoms with van der Waals surface area (Å²) in [6.07, 6.45) is 3.64. The van der Waals surface area contributed by atoms with E-state index in [1.807, 2.05) is 13.0 Å². The third-order valence-corrected chi connectivity index (χ3v) is 2.79. The van der Waals surface area contributed by atoms with E-state index in [2.05, 4.69) is 4.98 Å². The molecule has 0 atom stereocenters. The van der Waals surface area contributed by atoms with Gasteiger partial charge in [0.15, 0.2) is 0 Å². The van der Waals surface area contributed by atoms with Gasteiger partial charge in [0.25, 0.3) is 0 Å². The van der Waals surface area contributed by atoms with Crippen molar-refractivity contribution in [2.24, 2.45) is 0 Å². The number of ether oxygens (including phenoxy) is 2. The van der Waals surface area contributed by atoms with Crippen LogP contribution >= 0.6 is 0 Å². The Balaban J connectivity index is 1.69. The standard InChI is InChI=1S/C16H18N2O3/c1-12-8-13(10-18-9-12)11-21-16(19)6-7-20-15-4-2-14(17)3-5-15/h2-5,8-10H,6-7,11,17H2,1H3. The lowest BCUT2D eigenvalue weighted by Crippen LogP contribution is -2.10. The third-order valence-electron chi connectivity index (χ3n) is 2.79. The first kappa shape index (κ1) is 14.8. The molecule has 0 unspecified atom stereocenters. The maximum atomic E-state index is 11.6. The first-order chi connectivity index (χ1) is 10.1. The third kappa shape index (κ3) is 5.14. The van der Waals surface area contributed by atoms with Crippen LogP contribution < -0.4 is 10.5 Å². The number of rotatable bonds is 6. The zero-order valence-electron chi connectivity index (χ0n) is 11.9. The van der Waals surface area contributed by atoms with Gasteiger partial charge in [0, 0.05) is 23.6 Å². The number of pyridine rings is 1. The number of esters is 1. The Morgan fingerprint density at radius 3 is 2.71 bits per heavy atom. The van der Waals surface area contributed by atoms with Crippen LogP contribution in [0.1, 0.15) is 17.5 Å². The number of hydrogen-bond donors (Lipinski definition) is 1. The molecular formula is C16H18N2O3. The molecule has 21 heavy (non-hydrogen) atoms. The lowest BCUT2D eigenvalue weighted by molar-refractivity contribution is -0.145. The van der Waals surface area contributed by atoms with Gasteiger partial charge in [-0.05, 0) is 42.8 Å². The summed E-state index contributed by atoms with van der Waals surface area (Å²) < 4.78 is 10.6. The summed E-state index contributed by atoms with van der Waals surface area (Å²) in [7, 11) is 0. The molecule has 2 rings (SSSR count). The summed E-state index contributed by atoms with van der Waals surface area (Å²) >= 11 is 0. The Bertz CT molecular complexity index is 597. The second kappa shape index (κ2) is 7.28. The molecule has 1 aromatic heterocycles. The molecule has 0 bridgehead atoms. The molecule has 0 aliphatic heterocycles. The van der Waals surface area contributed by atoms with Crippen molar-refractivity contribution in [1.29, 1.82) is 0 Å². The van der Waals surface area contributed by atoms with E-state index in [1.54, 1.807) is 36.7 Å². The van der Waals surface area contributed by atoms with Crippen molar-refractivity contribution in [1.82, 2.24) is 4.98 Å². The zero-order valence-corrected chi connectivity index (χ0v) is 11.9. The Kier molecular flexibility index (Phi) is 5.15. The highest BCUT2D eigenvalue weighted by Crippen LogP contribution is 2.13. The lowest BCUT2D eigenvalue weighted by Gasteiger charge is -2.07. The summed E-state index contributed by atoms with van der Waals surface area (Å²) in [5.74, 6) is 0.381. The predicted molar refractivity (Wildman–Crippen MR) is 79.7 cm³/mol. The van der Waals surface area contributed by atoms with Crippen molar-refractivity contribution in [2.75, 3.05) is 12.3 Å². The van der Waals surface area contributed by atoms with Crippen molar-refractivity contribution in [3.05, 3.63) is 53.9 Å². The summed E-state index contributed by atoms with van der Waals surface area (Å²) in [6.45, 7) is 2.45. The largest absolute Gasteiger partial charge is 0.493 e. The van der Waals surface area contributed by atoms with Gasteiger partial charge in [0.2, 0.25) is 0 Å². The van der Waals surface area contributed by atoms with Gasteiger partial charge >= 0.3 is 5.97 Å². The van der Waals surface area contributed by atoms with Crippen LogP contribution in [0.15, 0.2) is 42.7 Å². The SMILES string of the molecule is Cc1cncc(COC(=O)CCOc2ccc(N)cc2)c1. The van der Waals surface area contributed by atoms with Crippen LogP contribution in [0.4, 0.5) is 5.69 Å². The van der Waals surface area contributed by atoms with Gasteiger partial charge in [-0.15, -0.1) is 0 Å². The maximum Gasteiger partial charge on any atom is 0.309 e. The van der Waals surface area contributed by atoms with Gasteiger partial charge in [-0.1, -0.05) is 0 Å². The Morgan fingerprint density at radius 1 is 1.24 bits per heavy atom. The highest BCUT2D eigenvalue weighted by molar-refractivity contribution is 5.69. The van der Waals surface area contributed by atoms with E-state index in [4.69, 9.17) is 15.2 Å². The predicted octanol–water partition coefficient (Wildman–Crippen LogP) is 2.48. The minimum Gasteiger partial charge on any atom is -0.493 e. The van der Waals surface area contributed by atoms with Crippen LogP contribution in [0.3, 0.4) is 0 Å². The van der Waals surface area contributed by atoms with E-state index in [1.165, 1.54) is 0 Å². The average molecular weight is 286 g/mol. The highest BCUT2D eigenvalue weighted by Gasteiger charge is 2.04. The van der Waals surface area contributed by atoms with Crippen molar-refractivity contribution in [3.8, 4) is 5.75 Å². The van der Waals surface area contributed by atoms with E-state index < -0.39 is 0 Å². The number of nitrogens with two attached hydrogens (primary N) is 1. The van der Waals surface area contributed by atoms with E-state index in [-0.39, 0.29) is 25.6 Å². The summed E-state index contributed by atoms with van der Waals surface area (Å²) in [5, 5.41) is 0. The summed E-state index contributed by atoms with van der Waals surface area (Å²) in [6, 6.07) is 8.96. The van der Waals surface area contributed by atoms with E-state index in [9.17, 15) is 4.79 Å². The van der Waals surface area contributed by atoms with Gasteiger partial charge < -0.3 is 15.2 Å². The average Bonchev–Trinajstić information content (AvgIpc) is 2.47. The molecule has 0 aliphatic carbocycles. The molecule has 0 fully saturated rings. The van der Waals surface area contributed by atoms with Crippen LogP contribution in [-0.4, -0.2) is 17.6 Å². The van der Waals surface area contributed by atoms with Gasteiger partial charge in [-0.2, -0.15) is 0 Å². The molecule has 110 valence electrons. The Morgan fingerprint density at radius 2 is 2.00 bits per heavy atom. The number of carbonyl (C=O) groups is 1. The molecule has 0 spiro atoms. The van der Waals surface area contributed by atoms with Crippen LogP contribution in [0.2, 0.25) is 0 Å². The lowest BCUT2D eigenvalue weighted by atomic mass is 10.2. The fourth-order valence-electron chi connectivity index (χ4n) is 1.75. The van der Waals surface area contributed by atoms with Gasteiger partial charge in [0.05, 0.1) is 13.0 Å². The molecule has 2 N–H and O–H groups in total. The monoisotopic (exact) mass is 286 g/mol. The van der Waals surface area contributed by atoms with Crippen molar-refractivity contribution >= 4 is 11.7 Å². The van der Waals surface area contributed by atoms with Gasteiger partial charge in [-0.25, -0.2) is 0 Å². The quantitative estimate of drug-likeness (QED) is 0.652. The number of aryl methyl sites for hydroxylation is 1. The normalized spacial score (nSPS) is 10.1. The number of benzene rings is 1. The number of nitrogen functional groups attached to an aromatic ring is 1. The molecule has 1 aromatic carbocycles. The van der Waals surface area contributed by atoms with Gasteiger partial charge in [0.1, 0.15) is 12.4 Å². The minimum absolute atomic E-state index is 0.198. The number of nitrogens with zero attached hydrogens (tertiary/aromatic N) is 1. The molecule has 0 aliphatic rings. The minimum atomic E-state index is -0.299. The number of hydrogen-bond acceptors (Lipinski definition) is 5. The number of carbonyl (C=O) groups excluding carboxylic acids is 1. The topological polar surface area (TPSA) is 74.4 Å². The van der Waals surface area contributed by atoms with Crippen molar-refractivity contribution in [3.63, 3.8) is 0 Å². The second-order valence-corrected chi connectivity index (χ2v) is 4.70. The molecule has 1 heterocycles. The first-order valence-electron chi connectivity index (χ1n) is 6.68. The smallest absolute Gasteiger partial charge is 0.309 e. The number of aromatic nitrogens is 1. The molecule has 2 aromatic rings. The van der Waals surface area contributed by atoms with Crippen molar-refractivity contribution in [2.45, 2.75) is 20.0 Å². The zero-order chi connectivity index (χ0) is 15.1. The molecule has 5 heteroatoms. The first-order valence-corrected chi connectivity index (χ1v) is 6.68.